The van der Waals surface area contributed by atoms with Gasteiger partial charge in [-0.2, -0.15) is 0 Å². The average molecular weight is 429 g/mol. The first-order valence-electron chi connectivity index (χ1n) is 8.23. The number of carbonyl (C=O) groups excluding carboxylic acids is 2. The van der Waals surface area contributed by atoms with Crippen LogP contribution in [-0.2, 0) is 19.1 Å². The van der Waals surface area contributed by atoms with E-state index in [-0.39, 0.29) is 0 Å². The number of benzene rings is 2. The highest BCUT2D eigenvalue weighted by Gasteiger charge is 2.27. The third kappa shape index (κ3) is 7.13. The number of hydrogen-bond acceptors (Lipinski definition) is 6. The Labute approximate surface area is 173 Å². The second-order valence-corrected chi connectivity index (χ2v) is 6.50. The van der Waals surface area contributed by atoms with Crippen LogP contribution in [-0.4, -0.2) is 47.1 Å². The molecule has 0 aliphatic carbocycles. The monoisotopic (exact) mass is 428 g/mol. The predicted molar refractivity (Wildman–Crippen MR) is 106 cm³/mol. The van der Waals surface area contributed by atoms with Crippen molar-refractivity contribution in [3.05, 3.63) is 71.8 Å². The minimum atomic E-state index is -1.07. The fourth-order valence-electron chi connectivity index (χ4n) is 2.12. The standard InChI is InChI=1S/2C10H11ClO3/c2*1-14-10(13)8(11)9(12)7-5-3-2-4-6-7/h2*2-6,8-9,12H,1H3/t8-,9+;/m0./s1. The first-order valence-corrected chi connectivity index (χ1v) is 9.10. The van der Waals surface area contributed by atoms with Crippen LogP contribution in [0.25, 0.3) is 0 Å². The van der Waals surface area contributed by atoms with Crippen molar-refractivity contribution < 1.29 is 29.3 Å². The van der Waals surface area contributed by atoms with Crippen molar-refractivity contribution in [2.24, 2.45) is 0 Å². The summed E-state index contributed by atoms with van der Waals surface area (Å²) < 4.78 is 8.85. The molecule has 0 saturated heterocycles. The van der Waals surface area contributed by atoms with Gasteiger partial charge in [0.2, 0.25) is 0 Å². The number of alkyl halides is 2. The van der Waals surface area contributed by atoms with Gasteiger partial charge < -0.3 is 19.7 Å². The summed E-state index contributed by atoms with van der Waals surface area (Å²) in [5.41, 5.74) is 1.19. The van der Waals surface area contributed by atoms with Gasteiger partial charge in [-0.3, -0.25) is 9.59 Å². The summed E-state index contributed by atoms with van der Waals surface area (Å²) in [6.07, 6.45) is -2.07. The molecule has 0 bridgehead atoms. The summed E-state index contributed by atoms with van der Waals surface area (Å²) in [6.45, 7) is 0. The molecule has 2 aromatic rings. The highest BCUT2D eigenvalue weighted by atomic mass is 35.5. The van der Waals surface area contributed by atoms with Crippen molar-refractivity contribution in [1.82, 2.24) is 0 Å². The maximum absolute atomic E-state index is 11.0. The smallest absolute Gasteiger partial charge is 0.326 e. The Morgan fingerprint density at radius 3 is 1.25 bits per heavy atom. The summed E-state index contributed by atoms with van der Waals surface area (Å²) in [7, 11) is 2.46. The van der Waals surface area contributed by atoms with Crippen LogP contribution >= 0.6 is 23.2 Å². The van der Waals surface area contributed by atoms with Gasteiger partial charge in [0, 0.05) is 0 Å². The zero-order valence-electron chi connectivity index (χ0n) is 15.4. The molecule has 28 heavy (non-hydrogen) atoms. The number of esters is 2. The van der Waals surface area contributed by atoms with Gasteiger partial charge in [-0.15, -0.1) is 23.2 Å². The second-order valence-electron chi connectivity index (χ2n) is 5.56. The van der Waals surface area contributed by atoms with Gasteiger partial charge in [0.15, 0.2) is 10.8 Å². The number of rotatable bonds is 6. The fraction of sp³-hybridized carbons (Fsp3) is 0.300. The summed E-state index contributed by atoms with van der Waals surface area (Å²) in [5, 5.41) is 17.2. The molecule has 6 nitrogen and oxygen atoms in total. The predicted octanol–water partition coefficient (Wildman–Crippen LogP) is 3.00. The largest absolute Gasteiger partial charge is 0.468 e. The number of aliphatic hydroxyl groups excluding tert-OH is 2. The van der Waals surface area contributed by atoms with Gasteiger partial charge in [-0.25, -0.2) is 0 Å². The van der Waals surface area contributed by atoms with E-state index in [4.69, 9.17) is 23.2 Å². The van der Waals surface area contributed by atoms with E-state index in [1.807, 2.05) is 12.1 Å². The summed E-state index contributed by atoms with van der Waals surface area (Å²) in [5.74, 6) is -1.27. The molecular formula is C20H22Cl2O6. The molecule has 4 atom stereocenters. The molecule has 0 spiro atoms. The second kappa shape index (κ2) is 12.4. The number of methoxy groups -OCH3 is 2. The van der Waals surface area contributed by atoms with Crippen molar-refractivity contribution in [2.75, 3.05) is 14.2 Å². The molecule has 152 valence electrons. The lowest BCUT2D eigenvalue weighted by molar-refractivity contribution is -0.143. The van der Waals surface area contributed by atoms with Crippen LogP contribution in [0.5, 0.6) is 0 Å². The van der Waals surface area contributed by atoms with Crippen LogP contribution in [0.1, 0.15) is 23.3 Å². The van der Waals surface area contributed by atoms with Crippen LogP contribution in [0.4, 0.5) is 0 Å². The first kappa shape index (κ1) is 23.9. The molecule has 0 aliphatic heterocycles. The van der Waals surface area contributed by atoms with Gasteiger partial charge in [-0.05, 0) is 11.1 Å². The van der Waals surface area contributed by atoms with E-state index < -0.39 is 34.9 Å². The van der Waals surface area contributed by atoms with E-state index >= 15 is 0 Å². The number of aliphatic hydroxyl groups is 2. The Morgan fingerprint density at radius 1 is 0.714 bits per heavy atom. The highest BCUT2D eigenvalue weighted by Crippen LogP contribution is 2.22. The summed E-state index contributed by atoms with van der Waals surface area (Å²) in [4.78, 5) is 22.0. The van der Waals surface area contributed by atoms with Crippen LogP contribution in [0.2, 0.25) is 0 Å². The molecule has 2 unspecified atom stereocenters. The zero-order chi connectivity index (χ0) is 21.1. The molecule has 0 amide bonds. The summed E-state index contributed by atoms with van der Waals surface area (Å²) >= 11 is 11.4. The lowest BCUT2D eigenvalue weighted by Crippen LogP contribution is -2.23. The van der Waals surface area contributed by atoms with Crippen molar-refractivity contribution in [3.63, 3.8) is 0 Å². The van der Waals surface area contributed by atoms with Gasteiger partial charge in [0.1, 0.15) is 12.2 Å². The van der Waals surface area contributed by atoms with Crippen molar-refractivity contribution in [1.29, 1.82) is 0 Å². The molecule has 0 heterocycles. The lowest BCUT2D eigenvalue weighted by Gasteiger charge is -2.14. The molecule has 0 saturated carbocycles. The van der Waals surface area contributed by atoms with E-state index in [0.29, 0.717) is 11.1 Å². The normalized spacial score (nSPS) is 14.5. The molecule has 2 aromatic carbocycles. The zero-order valence-corrected chi connectivity index (χ0v) is 16.9. The van der Waals surface area contributed by atoms with E-state index in [1.54, 1.807) is 48.5 Å². The third-order valence-electron chi connectivity index (χ3n) is 3.69. The Hall–Kier alpha value is -2.12. The van der Waals surface area contributed by atoms with Crippen molar-refractivity contribution in [2.45, 2.75) is 23.0 Å². The molecule has 8 heteroatoms. The Balaban J connectivity index is 0.000000280. The van der Waals surface area contributed by atoms with Gasteiger partial charge >= 0.3 is 11.9 Å². The molecule has 2 rings (SSSR count). The Morgan fingerprint density at radius 2 is 1.00 bits per heavy atom. The number of hydrogen-bond donors (Lipinski definition) is 2. The Kier molecular flexibility index (Phi) is 10.6. The number of ether oxygens (including phenoxy) is 2. The number of halogens is 2. The molecular weight excluding hydrogens is 407 g/mol. The van der Waals surface area contributed by atoms with Crippen LogP contribution in [0.15, 0.2) is 60.7 Å². The Bertz CT molecular complexity index is 662. The van der Waals surface area contributed by atoms with E-state index in [0.717, 1.165) is 0 Å². The van der Waals surface area contributed by atoms with Crippen LogP contribution in [0.3, 0.4) is 0 Å². The minimum Gasteiger partial charge on any atom is -0.468 e. The maximum atomic E-state index is 11.0. The average Bonchev–Trinajstić information content (AvgIpc) is 2.77. The topological polar surface area (TPSA) is 93.1 Å². The lowest BCUT2D eigenvalue weighted by atomic mass is 10.1. The van der Waals surface area contributed by atoms with Crippen molar-refractivity contribution in [3.8, 4) is 0 Å². The van der Waals surface area contributed by atoms with Crippen LogP contribution < -0.4 is 0 Å². The summed E-state index contributed by atoms with van der Waals surface area (Å²) in [6, 6.07) is 17.5. The van der Waals surface area contributed by atoms with Crippen LogP contribution in [0, 0.1) is 0 Å². The highest BCUT2D eigenvalue weighted by molar-refractivity contribution is 6.30. The van der Waals surface area contributed by atoms with Gasteiger partial charge in [0.25, 0.3) is 0 Å². The molecule has 0 fully saturated rings. The molecule has 0 radical (unpaired) electrons. The van der Waals surface area contributed by atoms with E-state index in [2.05, 4.69) is 9.47 Å². The third-order valence-corrected chi connectivity index (χ3v) is 4.52. The minimum absolute atomic E-state index is 0.595. The van der Waals surface area contributed by atoms with E-state index in [1.165, 1.54) is 14.2 Å². The SMILES string of the molecule is COC(=O)C(Cl)C(O)c1ccccc1.COC(=O)[C@@H](Cl)[C@H](O)c1ccccc1. The van der Waals surface area contributed by atoms with Gasteiger partial charge in [0.05, 0.1) is 14.2 Å². The number of carbonyl (C=O) groups is 2. The molecule has 0 aromatic heterocycles. The molecule has 2 N–H and O–H groups in total. The van der Waals surface area contributed by atoms with Crippen molar-refractivity contribution >= 4 is 35.1 Å². The maximum Gasteiger partial charge on any atom is 0.326 e. The van der Waals surface area contributed by atoms with Gasteiger partial charge in [-0.1, -0.05) is 60.7 Å². The van der Waals surface area contributed by atoms with E-state index in [9.17, 15) is 19.8 Å². The first-order chi connectivity index (χ1) is 13.3. The quantitative estimate of drug-likeness (QED) is 0.542. The molecule has 0 aliphatic rings. The fourth-order valence-corrected chi connectivity index (χ4v) is 2.59.